The van der Waals surface area contributed by atoms with E-state index in [1.807, 2.05) is 36.4 Å². The zero-order valence-corrected chi connectivity index (χ0v) is 19.0. The summed E-state index contributed by atoms with van der Waals surface area (Å²) in [7, 11) is -4.12. The Hall–Kier alpha value is -2.09. The minimum Gasteiger partial charge on any atom is -0.426 e. The Morgan fingerprint density at radius 1 is 0.862 bits per heavy atom. The molecule has 29 heavy (non-hydrogen) atoms. The third-order valence-electron chi connectivity index (χ3n) is 4.47. The van der Waals surface area contributed by atoms with Gasteiger partial charge in [-0.25, -0.2) is 8.42 Å². The largest absolute Gasteiger partial charge is 0.426 e. The van der Waals surface area contributed by atoms with Crippen molar-refractivity contribution in [2.75, 3.05) is 0 Å². The maximum Gasteiger partial charge on any atom is 0.327 e. The molecule has 0 radical (unpaired) electrons. The van der Waals surface area contributed by atoms with Gasteiger partial charge in [0, 0.05) is 0 Å². The van der Waals surface area contributed by atoms with Crippen molar-refractivity contribution in [3.8, 4) is 5.75 Å². The maximum atomic E-state index is 13.1. The number of rotatable bonds is 3. The molecule has 148 valence electrons. The Labute approximate surface area is 181 Å². The first-order chi connectivity index (χ1) is 13.7. The predicted octanol–water partition coefficient (Wildman–Crippen LogP) is 5.01. The first-order valence-electron chi connectivity index (χ1n) is 8.88. The molecular weight excluding hydrogens is 472 g/mol. The molecule has 1 aliphatic rings. The fraction of sp³-hybridized carbons (Fsp3) is 0.136. The topological polar surface area (TPSA) is 60.4 Å². The summed E-state index contributed by atoms with van der Waals surface area (Å²) in [6.45, 7) is 3.45. The normalized spacial score (nSPS) is 15.3. The molecule has 0 atom stereocenters. The Balaban J connectivity index is 1.79. The van der Waals surface area contributed by atoms with Gasteiger partial charge in [-0.05, 0) is 62.4 Å². The van der Waals surface area contributed by atoms with Crippen LogP contribution in [0.2, 0.25) is 0 Å². The quantitative estimate of drug-likeness (QED) is 0.175. The molecule has 0 amide bonds. The highest BCUT2D eigenvalue weighted by Gasteiger charge is 2.44. The molecule has 3 aromatic rings. The smallest absolute Gasteiger partial charge is 0.327 e. The number of fused-ring (bicyclic) bond motifs is 2. The van der Waals surface area contributed by atoms with Gasteiger partial charge in [0.25, 0.3) is 0 Å². The van der Waals surface area contributed by atoms with E-state index in [1.165, 1.54) is 0 Å². The molecule has 4 nitrogen and oxygen atoms in total. The van der Waals surface area contributed by atoms with E-state index in [1.54, 1.807) is 50.2 Å². The molecule has 3 aromatic carbocycles. The fourth-order valence-electron chi connectivity index (χ4n) is 3.04. The molecule has 4 rings (SSSR count). The Kier molecular flexibility index (Phi) is 5.09. The van der Waals surface area contributed by atoms with Crippen LogP contribution in [-0.4, -0.2) is 18.7 Å². The lowest BCUT2D eigenvalue weighted by Gasteiger charge is -2.19. The molecule has 0 N–H and O–H groups in total. The number of halogens is 1. The lowest BCUT2D eigenvalue weighted by molar-refractivity contribution is -0.136. The number of hydrogen-bond acceptors (Lipinski definition) is 4. The maximum absolute atomic E-state index is 13.1. The van der Waals surface area contributed by atoms with Crippen molar-refractivity contribution in [3.63, 3.8) is 0 Å². The Bertz CT molecular complexity index is 1140. The molecule has 7 heteroatoms. The summed E-state index contributed by atoms with van der Waals surface area (Å²) < 4.78 is 30.8. The number of alkyl halides is 1. The van der Waals surface area contributed by atoms with Crippen LogP contribution < -0.4 is 4.74 Å². The summed E-state index contributed by atoms with van der Waals surface area (Å²) in [6.07, 6.45) is 0. The number of benzene rings is 3. The predicted molar refractivity (Wildman–Crippen MR) is 116 cm³/mol. The molecule has 0 saturated carbocycles. The lowest BCUT2D eigenvalue weighted by Crippen LogP contribution is -2.29. The van der Waals surface area contributed by atoms with E-state index in [0.717, 1.165) is 14.7 Å². The third kappa shape index (κ3) is 3.63. The summed E-state index contributed by atoms with van der Waals surface area (Å²) in [5, 5.41) is 0. The van der Waals surface area contributed by atoms with Gasteiger partial charge >= 0.3 is 5.97 Å². The van der Waals surface area contributed by atoms with Crippen molar-refractivity contribution in [2.45, 2.75) is 42.6 Å². The van der Waals surface area contributed by atoms with Gasteiger partial charge in [-0.1, -0.05) is 40.2 Å². The van der Waals surface area contributed by atoms with E-state index < -0.39 is 25.1 Å². The summed E-state index contributed by atoms with van der Waals surface area (Å²) in [5.74, 6) is 0.0632. The number of carbonyl (C=O) groups excluding carboxylic acids is 1. The molecule has 1 aliphatic heterocycles. The SMILES string of the molecule is CC(C)(Br)C(=O)Oc1ccc([S+]2c3ccccc3S(=O)(=O)c3ccccc32)cc1. The van der Waals surface area contributed by atoms with Crippen LogP contribution >= 0.6 is 15.9 Å². The number of carbonyl (C=O) groups is 1. The van der Waals surface area contributed by atoms with Crippen molar-refractivity contribution in [2.24, 2.45) is 0 Å². The van der Waals surface area contributed by atoms with Crippen LogP contribution in [0.1, 0.15) is 13.8 Å². The van der Waals surface area contributed by atoms with E-state index >= 15 is 0 Å². The van der Waals surface area contributed by atoms with Gasteiger partial charge in [-0.2, -0.15) is 0 Å². The van der Waals surface area contributed by atoms with E-state index in [0.29, 0.717) is 15.5 Å². The number of esters is 1. The van der Waals surface area contributed by atoms with Crippen LogP contribution in [0.25, 0.3) is 0 Å². The third-order valence-corrected chi connectivity index (χ3v) is 9.26. The summed E-state index contributed by atoms with van der Waals surface area (Å²) in [5.41, 5.74) is 0. The molecular formula is C22H18BrO4S2+. The van der Waals surface area contributed by atoms with Crippen LogP contribution in [0.15, 0.2) is 97.3 Å². The standard InChI is InChI=1S/C22H18BrO4S2/c1-22(2,23)21(24)27-15-11-13-16(14-12-15)28-17-7-3-5-9-19(17)29(25,26)20-10-6-4-8-18(20)28/h3-14H,1-2H3/q+1. The fourth-order valence-corrected chi connectivity index (χ4v) is 7.82. The summed E-state index contributed by atoms with van der Waals surface area (Å²) >= 11 is 3.30. The first-order valence-corrected chi connectivity index (χ1v) is 12.4. The van der Waals surface area contributed by atoms with E-state index in [2.05, 4.69) is 15.9 Å². The van der Waals surface area contributed by atoms with Crippen molar-refractivity contribution in [1.29, 1.82) is 0 Å². The monoisotopic (exact) mass is 489 g/mol. The van der Waals surface area contributed by atoms with Gasteiger partial charge in [-0.15, -0.1) is 0 Å². The van der Waals surface area contributed by atoms with Gasteiger partial charge in [0.1, 0.15) is 30.8 Å². The van der Waals surface area contributed by atoms with Crippen LogP contribution in [0.3, 0.4) is 0 Å². The van der Waals surface area contributed by atoms with Crippen LogP contribution in [0.5, 0.6) is 5.75 Å². The van der Waals surface area contributed by atoms with Crippen molar-refractivity contribution < 1.29 is 17.9 Å². The van der Waals surface area contributed by atoms with Gasteiger partial charge in [-0.3, -0.25) is 4.79 Å². The van der Waals surface area contributed by atoms with Gasteiger partial charge in [0.15, 0.2) is 14.7 Å². The molecule has 0 bridgehead atoms. The minimum atomic E-state index is -3.55. The average Bonchev–Trinajstić information content (AvgIpc) is 2.69. The Morgan fingerprint density at radius 3 is 1.83 bits per heavy atom. The number of hydrogen-bond donors (Lipinski definition) is 0. The van der Waals surface area contributed by atoms with Crippen molar-refractivity contribution >= 4 is 42.6 Å². The molecule has 0 saturated heterocycles. The molecule has 0 fully saturated rings. The summed E-state index contributed by atoms with van der Waals surface area (Å²) in [6, 6.07) is 21.5. The second-order valence-electron chi connectivity index (χ2n) is 7.04. The molecule has 0 unspecified atom stereocenters. The first kappa shape index (κ1) is 20.2. The van der Waals surface area contributed by atoms with E-state index in [9.17, 15) is 13.2 Å². The number of ether oxygens (including phenoxy) is 1. The highest BCUT2D eigenvalue weighted by molar-refractivity contribution is 9.10. The lowest BCUT2D eigenvalue weighted by atomic mass is 10.2. The molecule has 0 aromatic heterocycles. The van der Waals surface area contributed by atoms with Gasteiger partial charge in [0.2, 0.25) is 9.84 Å². The second-order valence-corrected chi connectivity index (χ2v) is 12.9. The average molecular weight is 490 g/mol. The molecule has 1 heterocycles. The van der Waals surface area contributed by atoms with Crippen molar-refractivity contribution in [3.05, 3.63) is 72.8 Å². The minimum absolute atomic E-state index is 0.346. The van der Waals surface area contributed by atoms with Crippen LogP contribution in [0.4, 0.5) is 0 Å². The zero-order chi connectivity index (χ0) is 20.8. The van der Waals surface area contributed by atoms with E-state index in [-0.39, 0.29) is 5.97 Å². The van der Waals surface area contributed by atoms with Gasteiger partial charge < -0.3 is 4.74 Å². The van der Waals surface area contributed by atoms with Crippen LogP contribution in [-0.2, 0) is 25.5 Å². The van der Waals surface area contributed by atoms with E-state index in [4.69, 9.17) is 4.74 Å². The second kappa shape index (κ2) is 7.31. The summed E-state index contributed by atoms with van der Waals surface area (Å²) in [4.78, 5) is 15.3. The van der Waals surface area contributed by atoms with Crippen LogP contribution in [0, 0.1) is 0 Å². The van der Waals surface area contributed by atoms with Gasteiger partial charge in [0.05, 0.1) is 0 Å². The highest BCUT2D eigenvalue weighted by atomic mass is 79.9. The van der Waals surface area contributed by atoms with Crippen molar-refractivity contribution in [1.82, 2.24) is 0 Å². The number of sulfone groups is 1. The molecule has 0 spiro atoms. The zero-order valence-electron chi connectivity index (χ0n) is 15.8. The molecule has 0 aliphatic carbocycles. The Morgan fingerprint density at radius 2 is 1.34 bits per heavy atom. The highest BCUT2D eigenvalue weighted by Crippen LogP contribution is 2.44.